The molecule has 2 N–H and O–H groups in total. The number of phenols is 1. The van der Waals surface area contributed by atoms with E-state index >= 15 is 0 Å². The zero-order valence-corrected chi connectivity index (χ0v) is 18.1. The molecule has 5 heteroatoms. The Kier molecular flexibility index (Phi) is 6.16. The highest BCUT2D eigenvalue weighted by Crippen LogP contribution is 2.32. The van der Waals surface area contributed by atoms with E-state index < -0.39 is 5.97 Å². The molecule has 3 aromatic rings. The molecule has 0 radical (unpaired) electrons. The quantitative estimate of drug-likeness (QED) is 0.492. The predicted molar refractivity (Wildman–Crippen MR) is 120 cm³/mol. The van der Waals surface area contributed by atoms with Crippen molar-refractivity contribution in [2.24, 2.45) is 0 Å². The van der Waals surface area contributed by atoms with E-state index in [-0.39, 0.29) is 29.1 Å². The highest BCUT2D eigenvalue weighted by atomic mass is 16.5. The fourth-order valence-corrected chi connectivity index (χ4v) is 3.24. The standard InChI is InChI=1S/C26H26O5/c1-16(27)17-5-7-18(8-6-17)19-13-20(24(28)23(14-19)25(29)30)15-31-22-11-9-21(10-12-22)26(2,3)4/h5-14,28H,15H2,1-4H3,(H,29,30). The first-order valence-electron chi connectivity index (χ1n) is 10.00. The average Bonchev–Trinajstić information content (AvgIpc) is 2.72. The minimum absolute atomic E-state index is 0.0142. The number of aromatic carboxylic acids is 1. The van der Waals surface area contributed by atoms with Crippen LogP contribution in [-0.4, -0.2) is 22.0 Å². The SMILES string of the molecule is CC(=O)c1ccc(-c2cc(COc3ccc(C(C)(C)C)cc3)c(O)c(C(=O)O)c2)cc1. The molecule has 0 aliphatic carbocycles. The van der Waals surface area contributed by atoms with Crippen molar-refractivity contribution in [2.75, 3.05) is 0 Å². The van der Waals surface area contributed by atoms with E-state index in [2.05, 4.69) is 20.8 Å². The van der Waals surface area contributed by atoms with Gasteiger partial charge in [-0.15, -0.1) is 0 Å². The number of ether oxygens (including phenoxy) is 1. The minimum Gasteiger partial charge on any atom is -0.507 e. The first-order chi connectivity index (χ1) is 14.6. The summed E-state index contributed by atoms with van der Waals surface area (Å²) in [6.45, 7) is 7.89. The maximum atomic E-state index is 11.7. The molecule has 0 aliphatic rings. The number of aromatic hydroxyl groups is 1. The lowest BCUT2D eigenvalue weighted by molar-refractivity contribution is 0.0693. The molecule has 0 heterocycles. The van der Waals surface area contributed by atoms with Gasteiger partial charge >= 0.3 is 5.97 Å². The number of carboxylic acids is 1. The van der Waals surface area contributed by atoms with Crippen LogP contribution < -0.4 is 4.74 Å². The van der Waals surface area contributed by atoms with Crippen LogP contribution in [0.2, 0.25) is 0 Å². The zero-order chi connectivity index (χ0) is 22.8. The number of hydrogen-bond donors (Lipinski definition) is 2. The number of rotatable bonds is 6. The van der Waals surface area contributed by atoms with E-state index in [0.29, 0.717) is 22.4 Å². The molecule has 3 rings (SSSR count). The van der Waals surface area contributed by atoms with Crippen molar-refractivity contribution in [2.45, 2.75) is 39.7 Å². The van der Waals surface area contributed by atoms with Gasteiger partial charge in [0.2, 0.25) is 0 Å². The summed E-state index contributed by atoms with van der Waals surface area (Å²) in [6, 6.07) is 17.7. The molecule has 0 fully saturated rings. The maximum Gasteiger partial charge on any atom is 0.339 e. The monoisotopic (exact) mass is 418 g/mol. The van der Waals surface area contributed by atoms with Crippen molar-refractivity contribution in [1.29, 1.82) is 0 Å². The Balaban J connectivity index is 1.90. The van der Waals surface area contributed by atoms with Gasteiger partial charge in [-0.05, 0) is 53.3 Å². The summed E-state index contributed by atoms with van der Waals surface area (Å²) in [6.07, 6.45) is 0. The molecule has 31 heavy (non-hydrogen) atoms. The molecular weight excluding hydrogens is 392 g/mol. The summed E-state index contributed by atoms with van der Waals surface area (Å²) in [5.74, 6) is -0.964. The van der Waals surface area contributed by atoms with Gasteiger partial charge in [0.1, 0.15) is 23.7 Å². The van der Waals surface area contributed by atoms with Crippen molar-refractivity contribution in [3.05, 3.63) is 82.9 Å². The van der Waals surface area contributed by atoms with Crippen molar-refractivity contribution in [1.82, 2.24) is 0 Å². The summed E-state index contributed by atoms with van der Waals surface area (Å²) >= 11 is 0. The number of carboxylic acid groups (broad SMARTS) is 1. The van der Waals surface area contributed by atoms with Crippen molar-refractivity contribution in [3.8, 4) is 22.6 Å². The van der Waals surface area contributed by atoms with Gasteiger partial charge in [0.15, 0.2) is 5.78 Å². The molecule has 0 aliphatic heterocycles. The van der Waals surface area contributed by atoms with Crippen LogP contribution in [0.4, 0.5) is 0 Å². The van der Waals surface area contributed by atoms with E-state index in [1.165, 1.54) is 18.6 Å². The highest BCUT2D eigenvalue weighted by Gasteiger charge is 2.18. The highest BCUT2D eigenvalue weighted by molar-refractivity contribution is 5.95. The summed E-state index contributed by atoms with van der Waals surface area (Å²) in [5.41, 5.74) is 3.30. The van der Waals surface area contributed by atoms with Crippen LogP contribution in [0.3, 0.4) is 0 Å². The lowest BCUT2D eigenvalue weighted by atomic mass is 9.87. The second-order valence-corrected chi connectivity index (χ2v) is 8.53. The molecule has 0 saturated carbocycles. The summed E-state index contributed by atoms with van der Waals surface area (Å²) in [7, 11) is 0. The van der Waals surface area contributed by atoms with Crippen LogP contribution in [-0.2, 0) is 12.0 Å². The summed E-state index contributed by atoms with van der Waals surface area (Å²) < 4.78 is 5.82. The van der Waals surface area contributed by atoms with Gasteiger partial charge in [0, 0.05) is 11.1 Å². The molecule has 0 atom stereocenters. The Labute approximate surface area is 181 Å². The minimum atomic E-state index is -1.23. The van der Waals surface area contributed by atoms with Gasteiger partial charge in [-0.3, -0.25) is 4.79 Å². The Morgan fingerprint density at radius 3 is 2.03 bits per heavy atom. The summed E-state index contributed by atoms with van der Waals surface area (Å²) in [5, 5.41) is 20.0. The number of benzene rings is 3. The second-order valence-electron chi connectivity index (χ2n) is 8.53. The normalized spacial score (nSPS) is 11.2. The third kappa shape index (κ3) is 5.12. The fourth-order valence-electron chi connectivity index (χ4n) is 3.24. The van der Waals surface area contributed by atoms with Crippen LogP contribution in [0.5, 0.6) is 11.5 Å². The first kappa shape index (κ1) is 22.1. The number of hydrogen-bond acceptors (Lipinski definition) is 4. The summed E-state index contributed by atoms with van der Waals surface area (Å²) in [4.78, 5) is 23.2. The molecule has 0 aromatic heterocycles. The molecular formula is C26H26O5. The maximum absolute atomic E-state index is 11.7. The van der Waals surface area contributed by atoms with E-state index in [0.717, 1.165) is 5.56 Å². The van der Waals surface area contributed by atoms with Crippen LogP contribution in [0.15, 0.2) is 60.7 Å². The van der Waals surface area contributed by atoms with Gasteiger partial charge in [-0.2, -0.15) is 0 Å². The lowest BCUT2D eigenvalue weighted by Gasteiger charge is -2.19. The molecule has 0 spiro atoms. The van der Waals surface area contributed by atoms with Gasteiger partial charge in [0.05, 0.1) is 0 Å². The average molecular weight is 418 g/mol. The molecule has 3 aromatic carbocycles. The van der Waals surface area contributed by atoms with Crippen LogP contribution >= 0.6 is 0 Å². The van der Waals surface area contributed by atoms with Crippen molar-refractivity contribution < 1.29 is 24.5 Å². The van der Waals surface area contributed by atoms with E-state index in [9.17, 15) is 19.8 Å². The van der Waals surface area contributed by atoms with Crippen LogP contribution in [0.25, 0.3) is 11.1 Å². The topological polar surface area (TPSA) is 83.8 Å². The number of carbonyl (C=O) groups excluding carboxylic acids is 1. The van der Waals surface area contributed by atoms with Crippen molar-refractivity contribution >= 4 is 11.8 Å². The molecule has 5 nitrogen and oxygen atoms in total. The van der Waals surface area contributed by atoms with Gasteiger partial charge in [0.25, 0.3) is 0 Å². The number of carbonyl (C=O) groups is 2. The third-order valence-corrected chi connectivity index (χ3v) is 5.16. The number of ketones is 1. The molecule has 0 saturated heterocycles. The largest absolute Gasteiger partial charge is 0.507 e. The Hall–Kier alpha value is -3.60. The van der Waals surface area contributed by atoms with Crippen LogP contribution in [0, 0.1) is 0 Å². The number of Topliss-reactive ketones (excluding diaryl/α,β-unsaturated/α-hetero) is 1. The van der Waals surface area contributed by atoms with Gasteiger partial charge < -0.3 is 14.9 Å². The molecule has 160 valence electrons. The Morgan fingerprint density at radius 2 is 1.52 bits per heavy atom. The Morgan fingerprint density at radius 1 is 0.903 bits per heavy atom. The molecule has 0 bridgehead atoms. The first-order valence-corrected chi connectivity index (χ1v) is 10.00. The van der Waals surface area contributed by atoms with E-state index in [1.54, 1.807) is 30.3 Å². The smallest absolute Gasteiger partial charge is 0.339 e. The predicted octanol–water partition coefficient (Wildman–Crippen LogP) is 5.84. The van der Waals surface area contributed by atoms with Gasteiger partial charge in [-0.1, -0.05) is 57.2 Å². The van der Waals surface area contributed by atoms with Crippen molar-refractivity contribution in [3.63, 3.8) is 0 Å². The molecule has 0 amide bonds. The lowest BCUT2D eigenvalue weighted by Crippen LogP contribution is -2.10. The zero-order valence-electron chi connectivity index (χ0n) is 18.1. The van der Waals surface area contributed by atoms with Gasteiger partial charge in [-0.25, -0.2) is 4.79 Å². The Bertz CT molecular complexity index is 1100. The second kappa shape index (κ2) is 8.64. The van der Waals surface area contributed by atoms with E-state index in [4.69, 9.17) is 4.74 Å². The third-order valence-electron chi connectivity index (χ3n) is 5.16. The van der Waals surface area contributed by atoms with E-state index in [1.807, 2.05) is 24.3 Å². The fraction of sp³-hybridized carbons (Fsp3) is 0.231. The molecule has 0 unspecified atom stereocenters. The van der Waals surface area contributed by atoms with Crippen LogP contribution in [0.1, 0.15) is 59.5 Å².